The molecule has 1 fully saturated rings. The molecule has 3 aromatic rings. The first kappa shape index (κ1) is 28.1. The number of nitrogens with one attached hydrogen (secondary N) is 3. The summed E-state index contributed by atoms with van der Waals surface area (Å²) in [7, 11) is 5.06. The molecule has 2 aromatic carbocycles. The van der Waals surface area contributed by atoms with E-state index in [1.807, 2.05) is 54.5 Å². The average molecular weight is 556 g/mol. The number of aromatic nitrogens is 2. The second-order valence-electron chi connectivity index (χ2n) is 10.5. The Morgan fingerprint density at radius 1 is 1.15 bits per heavy atom. The van der Waals surface area contributed by atoms with Crippen molar-refractivity contribution < 1.29 is 14.3 Å². The maximum Gasteiger partial charge on any atom is 0.254 e. The molecule has 0 saturated carbocycles. The van der Waals surface area contributed by atoms with Crippen LogP contribution in [-0.2, 0) is 13.1 Å². The second-order valence-corrected chi connectivity index (χ2v) is 10.5. The summed E-state index contributed by atoms with van der Waals surface area (Å²) in [6.07, 6.45) is 4.89. The number of fused-ring (bicyclic) bond motifs is 1. The van der Waals surface area contributed by atoms with Crippen LogP contribution in [0.3, 0.4) is 0 Å². The van der Waals surface area contributed by atoms with E-state index >= 15 is 0 Å². The van der Waals surface area contributed by atoms with Crippen molar-refractivity contribution in [1.29, 1.82) is 5.41 Å². The Morgan fingerprint density at radius 3 is 2.56 bits per heavy atom. The fourth-order valence-corrected chi connectivity index (χ4v) is 5.69. The lowest BCUT2D eigenvalue weighted by Gasteiger charge is -2.41. The summed E-state index contributed by atoms with van der Waals surface area (Å²) in [5.74, 6) is 1.91. The quantitative estimate of drug-likeness (QED) is 0.318. The van der Waals surface area contributed by atoms with Crippen molar-refractivity contribution >= 4 is 35.0 Å². The smallest absolute Gasteiger partial charge is 0.254 e. The Kier molecular flexibility index (Phi) is 8.21. The number of carbonyl (C=O) groups is 1. The van der Waals surface area contributed by atoms with Gasteiger partial charge in [-0.25, -0.2) is 9.97 Å². The lowest BCUT2D eigenvalue weighted by Crippen LogP contribution is -2.50. The van der Waals surface area contributed by atoms with Crippen LogP contribution in [0, 0.1) is 5.41 Å². The summed E-state index contributed by atoms with van der Waals surface area (Å²) in [6.45, 7) is 8.31. The van der Waals surface area contributed by atoms with Gasteiger partial charge in [0.2, 0.25) is 5.95 Å². The van der Waals surface area contributed by atoms with E-state index in [1.54, 1.807) is 14.2 Å². The van der Waals surface area contributed by atoms with Crippen molar-refractivity contribution in [3.05, 3.63) is 71.6 Å². The Labute approximate surface area is 240 Å². The molecule has 3 N–H and O–H groups in total. The fourth-order valence-electron chi connectivity index (χ4n) is 5.69. The van der Waals surface area contributed by atoms with Crippen LogP contribution in [-0.4, -0.2) is 71.8 Å². The van der Waals surface area contributed by atoms with E-state index < -0.39 is 0 Å². The monoisotopic (exact) mass is 555 g/mol. The minimum Gasteiger partial charge on any atom is -0.497 e. The summed E-state index contributed by atoms with van der Waals surface area (Å²) < 4.78 is 10.7. The average Bonchev–Trinajstić information content (AvgIpc) is 3.43. The maximum absolute atomic E-state index is 13.5. The van der Waals surface area contributed by atoms with Gasteiger partial charge in [-0.3, -0.25) is 9.69 Å². The minimum atomic E-state index is 0.0121. The van der Waals surface area contributed by atoms with Gasteiger partial charge in [-0.2, -0.15) is 0 Å². The number of rotatable bonds is 9. The van der Waals surface area contributed by atoms with Crippen LogP contribution >= 0.6 is 0 Å². The van der Waals surface area contributed by atoms with E-state index in [2.05, 4.69) is 34.0 Å². The van der Waals surface area contributed by atoms with Crippen molar-refractivity contribution in [2.45, 2.75) is 44.9 Å². The number of amides is 1. The third-order valence-corrected chi connectivity index (χ3v) is 7.97. The molecule has 2 aliphatic heterocycles. The lowest BCUT2D eigenvalue weighted by atomic mass is 9.95. The normalized spacial score (nSPS) is 18.4. The molecule has 1 aromatic heterocycles. The molecule has 3 heterocycles. The molecule has 10 heteroatoms. The number of ether oxygens (including phenoxy) is 2. The highest BCUT2D eigenvalue weighted by molar-refractivity contribution is 6.10. The summed E-state index contributed by atoms with van der Waals surface area (Å²) in [6, 6.07) is 11.6. The standard InChI is InChI=1S/C31H37N7O3/c1-19(15-32)27-11-21(6-7-28(27)33-3)30(39)38-9-8-24(10-20(38)2)37-17-22-16-34-31(36-29(22)18-37)35-23-12-25(40-4)14-26(13-23)41-5/h6-7,11-16,20,24,32-33H,1,8-10,17-18H2,2-5H3,(H,34,35,36)/t20-,24-/m1/s1. The van der Waals surface area contributed by atoms with Crippen molar-refractivity contribution in [2.75, 3.05) is 38.4 Å². The molecule has 0 bridgehead atoms. The second kappa shape index (κ2) is 12.0. The predicted molar refractivity (Wildman–Crippen MR) is 161 cm³/mol. The van der Waals surface area contributed by atoms with E-state index in [-0.39, 0.29) is 11.9 Å². The fraction of sp³-hybridized carbons (Fsp3) is 0.355. The van der Waals surface area contributed by atoms with E-state index in [1.165, 1.54) is 6.21 Å². The lowest BCUT2D eigenvalue weighted by molar-refractivity contribution is 0.0460. The first-order valence-electron chi connectivity index (χ1n) is 13.7. The third-order valence-electron chi connectivity index (χ3n) is 7.97. The van der Waals surface area contributed by atoms with Crippen molar-refractivity contribution in [3.8, 4) is 11.5 Å². The number of allylic oxidation sites excluding steroid dienone is 1. The number of hydrogen-bond acceptors (Lipinski definition) is 9. The molecule has 2 atom stereocenters. The molecular formula is C31H37N7O3. The number of methoxy groups -OCH3 is 2. The van der Waals surface area contributed by atoms with E-state index in [9.17, 15) is 4.79 Å². The van der Waals surface area contributed by atoms with E-state index in [4.69, 9.17) is 19.9 Å². The summed E-state index contributed by atoms with van der Waals surface area (Å²) in [5.41, 5.74) is 5.74. The molecule has 5 rings (SSSR count). The number of likely N-dealkylation sites (tertiary alicyclic amines) is 1. The van der Waals surface area contributed by atoms with Crippen LogP contribution in [0.25, 0.3) is 5.57 Å². The highest BCUT2D eigenvalue weighted by Crippen LogP contribution is 2.32. The molecule has 214 valence electrons. The molecular weight excluding hydrogens is 518 g/mol. The van der Waals surface area contributed by atoms with Crippen LogP contribution < -0.4 is 20.1 Å². The van der Waals surface area contributed by atoms with Crippen LogP contribution in [0.5, 0.6) is 11.5 Å². The largest absolute Gasteiger partial charge is 0.497 e. The van der Waals surface area contributed by atoms with Crippen LogP contribution in [0.1, 0.15) is 46.9 Å². The Balaban J connectivity index is 1.23. The van der Waals surface area contributed by atoms with E-state index in [0.29, 0.717) is 41.2 Å². The predicted octanol–water partition coefficient (Wildman–Crippen LogP) is 4.95. The van der Waals surface area contributed by atoms with Gasteiger partial charge in [0.25, 0.3) is 5.91 Å². The SMILES string of the molecule is C=C(C=N)c1cc(C(=O)N2CC[C@@H](N3Cc4cnc(Nc5cc(OC)cc(OC)c5)nc4C3)C[C@H]2C)ccc1NC. The number of nitrogens with zero attached hydrogens (tertiary/aromatic N) is 4. The first-order chi connectivity index (χ1) is 19.8. The Bertz CT molecular complexity index is 1450. The van der Waals surface area contributed by atoms with Crippen LogP contribution in [0.4, 0.5) is 17.3 Å². The molecule has 0 spiro atoms. The first-order valence-corrected chi connectivity index (χ1v) is 13.7. The zero-order valence-electron chi connectivity index (χ0n) is 24.0. The molecule has 1 amide bonds. The van der Waals surface area contributed by atoms with Gasteiger partial charge in [-0.1, -0.05) is 6.58 Å². The number of benzene rings is 2. The van der Waals surface area contributed by atoms with Gasteiger partial charge >= 0.3 is 0 Å². The van der Waals surface area contributed by atoms with Gasteiger partial charge in [0.15, 0.2) is 0 Å². The van der Waals surface area contributed by atoms with Gasteiger partial charge in [0, 0.05) is 97.4 Å². The highest BCUT2D eigenvalue weighted by Gasteiger charge is 2.35. The van der Waals surface area contributed by atoms with Gasteiger partial charge in [-0.05, 0) is 43.5 Å². The Morgan fingerprint density at radius 2 is 1.90 bits per heavy atom. The topological polar surface area (TPSA) is 116 Å². The zero-order chi connectivity index (χ0) is 29.1. The van der Waals surface area contributed by atoms with Gasteiger partial charge < -0.3 is 30.4 Å². The number of hydrogen-bond donors (Lipinski definition) is 3. The van der Waals surface area contributed by atoms with Crippen LogP contribution in [0.15, 0.2) is 49.2 Å². The highest BCUT2D eigenvalue weighted by atomic mass is 16.5. The number of carbonyl (C=O) groups excluding carboxylic acids is 1. The van der Waals surface area contributed by atoms with Gasteiger partial charge in [0.1, 0.15) is 11.5 Å². The number of anilines is 3. The van der Waals surface area contributed by atoms with Gasteiger partial charge in [-0.15, -0.1) is 0 Å². The zero-order valence-corrected chi connectivity index (χ0v) is 24.0. The summed E-state index contributed by atoms with van der Waals surface area (Å²) >= 11 is 0. The molecule has 1 saturated heterocycles. The molecule has 0 radical (unpaired) electrons. The molecule has 10 nitrogen and oxygen atoms in total. The molecule has 0 unspecified atom stereocenters. The van der Waals surface area contributed by atoms with Crippen molar-refractivity contribution in [1.82, 2.24) is 19.8 Å². The Hall–Kier alpha value is -4.44. The van der Waals surface area contributed by atoms with E-state index in [0.717, 1.165) is 54.1 Å². The molecule has 0 aliphatic carbocycles. The maximum atomic E-state index is 13.5. The van der Waals surface area contributed by atoms with Crippen molar-refractivity contribution in [2.24, 2.45) is 0 Å². The summed E-state index contributed by atoms with van der Waals surface area (Å²) in [5, 5.41) is 14.0. The summed E-state index contributed by atoms with van der Waals surface area (Å²) in [4.78, 5) is 27.3. The van der Waals surface area contributed by atoms with Gasteiger partial charge in [0.05, 0.1) is 19.9 Å². The number of piperidine rings is 1. The molecule has 41 heavy (non-hydrogen) atoms. The third kappa shape index (κ3) is 5.88. The van der Waals surface area contributed by atoms with Crippen molar-refractivity contribution in [3.63, 3.8) is 0 Å². The molecule has 2 aliphatic rings. The minimum absolute atomic E-state index is 0.0121. The van der Waals surface area contributed by atoms with Crippen LogP contribution in [0.2, 0.25) is 0 Å².